The number of benzene rings is 2. The average Bonchev–Trinajstić information content (AvgIpc) is 2.52. The summed E-state index contributed by atoms with van der Waals surface area (Å²) in [7, 11) is 0. The molecule has 0 aliphatic carbocycles. The fourth-order valence-electron chi connectivity index (χ4n) is 2.63. The average molecular weight is 281 g/mol. The van der Waals surface area contributed by atoms with Gasteiger partial charge in [-0.25, -0.2) is 0 Å². The van der Waals surface area contributed by atoms with Crippen LogP contribution in [-0.2, 0) is 11.3 Å². The molecule has 2 aromatic rings. The molecule has 0 fully saturated rings. The Balaban J connectivity index is 2.02. The first-order chi connectivity index (χ1) is 10.3. The lowest BCUT2D eigenvalue weighted by Gasteiger charge is -2.32. The van der Waals surface area contributed by atoms with Crippen molar-refractivity contribution >= 4 is 23.0 Å². The summed E-state index contributed by atoms with van der Waals surface area (Å²) in [5.41, 5.74) is 4.19. The van der Waals surface area contributed by atoms with Gasteiger partial charge in [-0.2, -0.15) is 0 Å². The lowest BCUT2D eigenvalue weighted by atomic mass is 10.1. The summed E-state index contributed by atoms with van der Waals surface area (Å²) >= 11 is 0. The molecule has 0 saturated heterocycles. The molecule has 0 unspecified atom stereocenters. The van der Waals surface area contributed by atoms with Gasteiger partial charge < -0.3 is 15.5 Å². The molecular weight excluding hydrogens is 262 g/mol. The van der Waals surface area contributed by atoms with E-state index in [-0.39, 0.29) is 5.91 Å². The molecule has 0 saturated carbocycles. The molecule has 1 aliphatic heterocycles. The van der Waals surface area contributed by atoms with Gasteiger partial charge in [-0.15, -0.1) is 0 Å². The largest absolute Gasteiger partial charge is 0.330 e. The molecule has 0 spiro atoms. The van der Waals surface area contributed by atoms with Gasteiger partial charge in [0.15, 0.2) is 0 Å². The van der Waals surface area contributed by atoms with Gasteiger partial charge >= 0.3 is 0 Å². The van der Waals surface area contributed by atoms with Gasteiger partial charge in [0.1, 0.15) is 6.54 Å². The summed E-state index contributed by atoms with van der Waals surface area (Å²) in [6.07, 6.45) is 0. The zero-order chi connectivity index (χ0) is 14.7. The molecule has 0 atom stereocenters. The Bertz CT molecular complexity index is 654. The van der Waals surface area contributed by atoms with E-state index in [1.807, 2.05) is 36.4 Å². The van der Waals surface area contributed by atoms with Crippen molar-refractivity contribution in [3.05, 3.63) is 54.1 Å². The predicted molar refractivity (Wildman–Crippen MR) is 85.9 cm³/mol. The topological polar surface area (TPSA) is 44.4 Å². The minimum absolute atomic E-state index is 0.0203. The van der Waals surface area contributed by atoms with Gasteiger partial charge in [0.2, 0.25) is 5.91 Å². The van der Waals surface area contributed by atoms with E-state index in [9.17, 15) is 4.79 Å². The Kier molecular flexibility index (Phi) is 3.88. The van der Waals surface area contributed by atoms with E-state index in [4.69, 9.17) is 0 Å². The third-order valence-electron chi connectivity index (χ3n) is 3.62. The summed E-state index contributed by atoms with van der Waals surface area (Å²) < 4.78 is 0. The molecule has 0 bridgehead atoms. The molecule has 108 valence electrons. The predicted octanol–water partition coefficient (Wildman–Crippen LogP) is 2.89. The van der Waals surface area contributed by atoms with Crippen molar-refractivity contribution in [3.8, 4) is 0 Å². The van der Waals surface area contributed by atoms with Crippen LogP contribution in [0.5, 0.6) is 0 Å². The Morgan fingerprint density at radius 1 is 1.10 bits per heavy atom. The second-order valence-electron chi connectivity index (χ2n) is 5.06. The molecule has 21 heavy (non-hydrogen) atoms. The monoisotopic (exact) mass is 281 g/mol. The van der Waals surface area contributed by atoms with Crippen molar-refractivity contribution in [2.45, 2.75) is 13.5 Å². The molecule has 3 rings (SSSR count). The van der Waals surface area contributed by atoms with Crippen molar-refractivity contribution in [2.75, 3.05) is 23.3 Å². The van der Waals surface area contributed by atoms with Crippen LogP contribution in [0, 0.1) is 0 Å². The maximum absolute atomic E-state index is 12.0. The molecule has 1 amide bonds. The van der Waals surface area contributed by atoms with Crippen molar-refractivity contribution in [1.29, 1.82) is 0 Å². The molecule has 0 aromatic heterocycles. The number of hydrogen-bond acceptors (Lipinski definition) is 3. The van der Waals surface area contributed by atoms with Gasteiger partial charge in [-0.3, -0.25) is 4.79 Å². The highest BCUT2D eigenvalue weighted by molar-refractivity contribution is 6.03. The maximum atomic E-state index is 12.0. The molecule has 4 nitrogen and oxygen atoms in total. The Morgan fingerprint density at radius 3 is 2.62 bits per heavy atom. The minimum Gasteiger partial charge on any atom is -0.330 e. The third-order valence-corrected chi connectivity index (χ3v) is 3.62. The smallest absolute Gasteiger partial charge is 0.244 e. The number of amides is 1. The van der Waals surface area contributed by atoms with E-state index in [1.165, 1.54) is 5.56 Å². The fraction of sp³-hybridized carbons (Fsp3) is 0.235. The van der Waals surface area contributed by atoms with Crippen LogP contribution in [0.15, 0.2) is 48.5 Å². The first-order valence-electron chi connectivity index (χ1n) is 7.24. The van der Waals surface area contributed by atoms with Crippen LogP contribution in [-0.4, -0.2) is 19.0 Å². The Morgan fingerprint density at radius 2 is 1.81 bits per heavy atom. The van der Waals surface area contributed by atoms with Crippen LogP contribution < -0.4 is 15.5 Å². The molecule has 1 aliphatic rings. The van der Waals surface area contributed by atoms with Crippen molar-refractivity contribution in [1.82, 2.24) is 5.32 Å². The van der Waals surface area contributed by atoms with Gasteiger partial charge in [0.05, 0.1) is 11.4 Å². The van der Waals surface area contributed by atoms with Gasteiger partial charge in [-0.05, 0) is 30.3 Å². The molecule has 1 heterocycles. The van der Waals surface area contributed by atoms with Crippen molar-refractivity contribution in [3.63, 3.8) is 0 Å². The number of rotatable bonds is 4. The van der Waals surface area contributed by atoms with E-state index in [1.54, 1.807) is 0 Å². The number of carbonyl (C=O) groups excluding carboxylic acids is 1. The van der Waals surface area contributed by atoms with Gasteiger partial charge in [0, 0.05) is 12.2 Å². The first kappa shape index (κ1) is 13.6. The van der Waals surface area contributed by atoms with Crippen molar-refractivity contribution in [2.24, 2.45) is 0 Å². The number of nitrogens with one attached hydrogen (secondary N) is 2. The molecular formula is C17H19N3O. The maximum Gasteiger partial charge on any atom is 0.244 e. The van der Waals surface area contributed by atoms with E-state index >= 15 is 0 Å². The van der Waals surface area contributed by atoms with E-state index in [0.29, 0.717) is 6.54 Å². The second-order valence-corrected chi connectivity index (χ2v) is 5.06. The molecule has 2 N–H and O–H groups in total. The van der Waals surface area contributed by atoms with E-state index < -0.39 is 0 Å². The quantitative estimate of drug-likeness (QED) is 0.905. The van der Waals surface area contributed by atoms with Crippen molar-refractivity contribution < 1.29 is 4.79 Å². The first-order valence-corrected chi connectivity index (χ1v) is 7.24. The fourth-order valence-corrected chi connectivity index (χ4v) is 2.63. The number of para-hydroxylation sites is 3. The highest BCUT2D eigenvalue weighted by Gasteiger charge is 2.23. The van der Waals surface area contributed by atoms with Crippen LogP contribution in [0.2, 0.25) is 0 Å². The minimum atomic E-state index is 0.0203. The van der Waals surface area contributed by atoms with E-state index in [0.717, 1.165) is 30.2 Å². The van der Waals surface area contributed by atoms with Gasteiger partial charge in [-0.1, -0.05) is 37.3 Å². The van der Waals surface area contributed by atoms with Crippen LogP contribution in [0.1, 0.15) is 12.5 Å². The molecule has 0 radical (unpaired) electrons. The Hall–Kier alpha value is -2.33. The summed E-state index contributed by atoms with van der Waals surface area (Å²) in [5.74, 6) is 0.0203. The second kappa shape index (κ2) is 5.97. The Labute approximate surface area is 124 Å². The lowest BCUT2D eigenvalue weighted by Crippen LogP contribution is -2.35. The number of fused-ring (bicyclic) bond motifs is 1. The number of nitrogens with zero attached hydrogens (tertiary/aromatic N) is 1. The van der Waals surface area contributed by atoms with Crippen LogP contribution >= 0.6 is 0 Å². The van der Waals surface area contributed by atoms with Crippen LogP contribution in [0.4, 0.5) is 17.1 Å². The lowest BCUT2D eigenvalue weighted by molar-refractivity contribution is -0.115. The van der Waals surface area contributed by atoms with Gasteiger partial charge in [0.25, 0.3) is 0 Å². The van der Waals surface area contributed by atoms with Crippen LogP contribution in [0.25, 0.3) is 0 Å². The summed E-state index contributed by atoms with van der Waals surface area (Å²) in [5, 5.41) is 6.28. The SMILES string of the molecule is CCNCc1ccccc1N1CC(=O)Nc2ccccc21. The molecule has 2 aromatic carbocycles. The highest BCUT2D eigenvalue weighted by Crippen LogP contribution is 2.36. The molecule has 4 heteroatoms. The number of carbonyl (C=O) groups is 1. The number of hydrogen-bond donors (Lipinski definition) is 2. The zero-order valence-electron chi connectivity index (χ0n) is 12.1. The normalized spacial score (nSPS) is 13.8. The van der Waals surface area contributed by atoms with Crippen LogP contribution in [0.3, 0.4) is 0 Å². The summed E-state index contributed by atoms with van der Waals surface area (Å²) in [6.45, 7) is 4.16. The number of anilines is 3. The third kappa shape index (κ3) is 2.76. The standard InChI is InChI=1S/C17H19N3O/c1-2-18-11-13-7-3-5-9-15(13)20-12-17(21)19-14-8-4-6-10-16(14)20/h3-10,18H,2,11-12H2,1H3,(H,19,21). The van der Waals surface area contributed by atoms with E-state index in [2.05, 4.69) is 34.6 Å². The summed E-state index contributed by atoms with van der Waals surface area (Å²) in [4.78, 5) is 14.1. The summed E-state index contributed by atoms with van der Waals surface area (Å²) in [6, 6.07) is 16.1. The highest BCUT2D eigenvalue weighted by atomic mass is 16.2. The zero-order valence-corrected chi connectivity index (χ0v) is 12.1.